The van der Waals surface area contributed by atoms with Crippen LogP contribution in [0.1, 0.15) is 47.0 Å². The topological polar surface area (TPSA) is 0 Å². The van der Waals surface area contributed by atoms with Gasteiger partial charge in [0.05, 0.1) is 0 Å². The third-order valence-electron chi connectivity index (χ3n) is 3.55. The van der Waals surface area contributed by atoms with Crippen LogP contribution in [-0.2, 0) is 0 Å². The van der Waals surface area contributed by atoms with E-state index >= 15 is 0 Å². The number of rotatable bonds is 0. The number of allylic oxidation sites excluding steroid dienone is 4. The van der Waals surface area contributed by atoms with E-state index in [1.165, 1.54) is 18.4 Å². The van der Waals surface area contributed by atoms with Crippen LogP contribution < -0.4 is 0 Å². The van der Waals surface area contributed by atoms with Crippen molar-refractivity contribution in [2.24, 2.45) is 10.8 Å². The normalized spacial score (nSPS) is 28.9. The Morgan fingerprint density at radius 1 is 1.07 bits per heavy atom. The maximum Gasteiger partial charge on any atom is 0.0129 e. The first-order valence-electron chi connectivity index (χ1n) is 5.62. The van der Waals surface area contributed by atoms with Crippen molar-refractivity contribution >= 4 is 0 Å². The fraction of sp³-hybridized carbons (Fsp3) is 0.643. The molecule has 0 atom stereocenters. The summed E-state index contributed by atoms with van der Waals surface area (Å²) in [6, 6.07) is 0. The largest absolute Gasteiger partial charge is 0.0780 e. The Morgan fingerprint density at radius 3 is 2.36 bits per heavy atom. The minimum absolute atomic E-state index is 0.214. The Kier molecular flexibility index (Phi) is 2.13. The maximum absolute atomic E-state index is 3.60. The standard InChI is InChI=1S/C14H20/c1-13(2)9-10-14(3,4)12-8-6-5-7-11(12)13/h9-10H,5-7H2,1-4H3. The lowest BCUT2D eigenvalue weighted by Gasteiger charge is -2.41. The molecule has 2 radical (unpaired) electrons. The fourth-order valence-corrected chi connectivity index (χ4v) is 2.57. The molecule has 76 valence electrons. The van der Waals surface area contributed by atoms with Crippen molar-refractivity contribution in [3.63, 3.8) is 0 Å². The fourth-order valence-electron chi connectivity index (χ4n) is 2.57. The van der Waals surface area contributed by atoms with Crippen LogP contribution in [0, 0.1) is 17.3 Å². The molecule has 0 nitrogen and oxygen atoms in total. The summed E-state index contributed by atoms with van der Waals surface area (Å²) in [4.78, 5) is 0. The number of hydrogen-bond donors (Lipinski definition) is 0. The van der Waals surface area contributed by atoms with Crippen LogP contribution in [-0.4, -0.2) is 0 Å². The number of hydrogen-bond acceptors (Lipinski definition) is 0. The Morgan fingerprint density at radius 2 is 1.71 bits per heavy atom. The zero-order valence-electron chi connectivity index (χ0n) is 9.78. The van der Waals surface area contributed by atoms with Crippen LogP contribution in [0.3, 0.4) is 0 Å². The highest BCUT2D eigenvalue weighted by atomic mass is 14.4. The Bertz CT molecular complexity index is 270. The molecule has 0 spiro atoms. The third kappa shape index (κ3) is 1.45. The molecule has 0 aromatic heterocycles. The summed E-state index contributed by atoms with van der Waals surface area (Å²) in [5.74, 6) is 0. The van der Waals surface area contributed by atoms with Crippen LogP contribution in [0.5, 0.6) is 0 Å². The molecule has 2 aliphatic carbocycles. The molecule has 2 rings (SSSR count). The van der Waals surface area contributed by atoms with E-state index in [2.05, 4.69) is 46.3 Å². The minimum atomic E-state index is 0.214. The Hall–Kier alpha value is -0.520. The average molecular weight is 188 g/mol. The van der Waals surface area contributed by atoms with E-state index < -0.39 is 0 Å². The molecule has 2 aliphatic rings. The van der Waals surface area contributed by atoms with Gasteiger partial charge in [0, 0.05) is 17.3 Å². The van der Waals surface area contributed by atoms with Gasteiger partial charge >= 0.3 is 0 Å². The van der Waals surface area contributed by atoms with Gasteiger partial charge in [0.15, 0.2) is 0 Å². The average Bonchev–Trinajstić information content (AvgIpc) is 2.14. The molecule has 0 aliphatic heterocycles. The van der Waals surface area contributed by atoms with Crippen molar-refractivity contribution < 1.29 is 0 Å². The molecule has 0 fully saturated rings. The summed E-state index contributed by atoms with van der Waals surface area (Å²) >= 11 is 0. The van der Waals surface area contributed by atoms with Crippen LogP contribution in [0.4, 0.5) is 0 Å². The van der Waals surface area contributed by atoms with E-state index in [1.807, 2.05) is 0 Å². The van der Waals surface area contributed by atoms with Crippen molar-refractivity contribution in [3.05, 3.63) is 29.7 Å². The van der Waals surface area contributed by atoms with Gasteiger partial charge in [0.1, 0.15) is 0 Å². The van der Waals surface area contributed by atoms with Crippen molar-refractivity contribution in [2.75, 3.05) is 0 Å². The van der Waals surface area contributed by atoms with E-state index in [1.54, 1.807) is 5.57 Å². The molecule has 0 saturated heterocycles. The van der Waals surface area contributed by atoms with Crippen molar-refractivity contribution in [1.29, 1.82) is 0 Å². The molecule has 0 amide bonds. The molecule has 0 saturated carbocycles. The van der Waals surface area contributed by atoms with E-state index in [9.17, 15) is 0 Å². The Labute approximate surface area is 88.1 Å². The highest BCUT2D eigenvalue weighted by molar-refractivity contribution is 5.42. The summed E-state index contributed by atoms with van der Waals surface area (Å²) in [6.07, 6.45) is 12.0. The SMILES string of the molecule is CC1(C)C=CC(C)(C)C2=C1[C]CCC2. The molecule has 0 heterocycles. The highest BCUT2D eigenvalue weighted by Crippen LogP contribution is 2.49. The van der Waals surface area contributed by atoms with Gasteiger partial charge in [-0.2, -0.15) is 0 Å². The zero-order valence-corrected chi connectivity index (χ0v) is 9.78. The van der Waals surface area contributed by atoms with Crippen LogP contribution in [0.2, 0.25) is 0 Å². The second kappa shape index (κ2) is 2.98. The van der Waals surface area contributed by atoms with Gasteiger partial charge in [-0.1, -0.05) is 51.0 Å². The van der Waals surface area contributed by atoms with Crippen molar-refractivity contribution in [3.8, 4) is 0 Å². The van der Waals surface area contributed by atoms with Crippen molar-refractivity contribution in [2.45, 2.75) is 47.0 Å². The lowest BCUT2D eigenvalue weighted by atomic mass is 9.63. The van der Waals surface area contributed by atoms with Crippen molar-refractivity contribution in [1.82, 2.24) is 0 Å². The van der Waals surface area contributed by atoms with Crippen LogP contribution >= 0.6 is 0 Å². The summed E-state index contributed by atoms with van der Waals surface area (Å²) in [5.41, 5.74) is 3.58. The predicted molar refractivity (Wildman–Crippen MR) is 60.8 cm³/mol. The van der Waals surface area contributed by atoms with Gasteiger partial charge in [-0.25, -0.2) is 0 Å². The molecule has 14 heavy (non-hydrogen) atoms. The maximum atomic E-state index is 3.60. The molecular weight excluding hydrogens is 168 g/mol. The molecule has 0 aromatic rings. The molecule has 0 unspecified atom stereocenters. The van der Waals surface area contributed by atoms with E-state index in [0.717, 1.165) is 6.42 Å². The van der Waals surface area contributed by atoms with Crippen LogP contribution in [0.25, 0.3) is 0 Å². The van der Waals surface area contributed by atoms with Gasteiger partial charge < -0.3 is 0 Å². The van der Waals surface area contributed by atoms with Crippen LogP contribution in [0.15, 0.2) is 23.3 Å². The molecule has 0 heteroatoms. The second-order valence-corrected chi connectivity index (χ2v) is 5.66. The molecule has 0 aromatic carbocycles. The summed E-state index contributed by atoms with van der Waals surface area (Å²) in [6.45, 7) is 9.24. The Balaban J connectivity index is 2.48. The summed E-state index contributed by atoms with van der Waals surface area (Å²) in [5, 5.41) is 0. The monoisotopic (exact) mass is 188 g/mol. The summed E-state index contributed by atoms with van der Waals surface area (Å²) in [7, 11) is 0. The van der Waals surface area contributed by atoms with Gasteiger partial charge in [0.25, 0.3) is 0 Å². The predicted octanol–water partition coefficient (Wildman–Crippen LogP) is 4.17. The quantitative estimate of drug-likeness (QED) is 0.500. The minimum Gasteiger partial charge on any atom is -0.0780 e. The zero-order chi connectivity index (χ0) is 10.4. The van der Waals surface area contributed by atoms with Gasteiger partial charge in [-0.05, 0) is 19.3 Å². The lowest BCUT2D eigenvalue weighted by molar-refractivity contribution is 0.440. The first-order chi connectivity index (χ1) is 6.43. The molecule has 0 N–H and O–H groups in total. The molecule has 0 bridgehead atoms. The summed E-state index contributed by atoms with van der Waals surface area (Å²) < 4.78 is 0. The smallest absolute Gasteiger partial charge is 0.0129 e. The lowest BCUT2D eigenvalue weighted by Crippen LogP contribution is -2.28. The second-order valence-electron chi connectivity index (χ2n) is 5.66. The third-order valence-corrected chi connectivity index (χ3v) is 3.55. The van der Waals surface area contributed by atoms with Gasteiger partial charge in [0.2, 0.25) is 0 Å². The van der Waals surface area contributed by atoms with E-state index in [4.69, 9.17) is 0 Å². The van der Waals surface area contributed by atoms with E-state index in [0.29, 0.717) is 0 Å². The first kappa shape index (κ1) is 10.0. The first-order valence-corrected chi connectivity index (χ1v) is 5.62. The highest BCUT2D eigenvalue weighted by Gasteiger charge is 2.35. The molecular formula is C14H20. The van der Waals surface area contributed by atoms with E-state index in [-0.39, 0.29) is 10.8 Å². The van der Waals surface area contributed by atoms with Gasteiger partial charge in [-0.3, -0.25) is 0 Å². The van der Waals surface area contributed by atoms with Gasteiger partial charge in [-0.15, -0.1) is 0 Å².